The van der Waals surface area contributed by atoms with Crippen LogP contribution in [0.15, 0.2) is 0 Å². The second-order valence-corrected chi connectivity index (χ2v) is 4.44. The number of carboxylic acid groups (broad SMARTS) is 1. The van der Waals surface area contributed by atoms with Gasteiger partial charge in [0.1, 0.15) is 0 Å². The third kappa shape index (κ3) is 7.39. The van der Waals surface area contributed by atoms with Crippen LogP contribution in [0.5, 0.6) is 0 Å². The lowest BCUT2D eigenvalue weighted by Gasteiger charge is -2.21. The molecular weight excluding hydrogens is 266 g/mol. The van der Waals surface area contributed by atoms with Gasteiger partial charge < -0.3 is 16.2 Å². The lowest BCUT2D eigenvalue weighted by molar-refractivity contribution is -0.661. The van der Waals surface area contributed by atoms with Crippen molar-refractivity contribution in [1.82, 2.24) is 10.3 Å². The number of hydrogen-bond donors (Lipinski definition) is 4. The van der Waals surface area contributed by atoms with Gasteiger partial charge in [0.05, 0.1) is 6.54 Å². The van der Waals surface area contributed by atoms with Gasteiger partial charge in [-0.3, -0.25) is 5.41 Å². The van der Waals surface area contributed by atoms with E-state index in [1.807, 2.05) is 6.92 Å². The molecule has 0 aliphatic rings. The molecule has 0 aromatic carbocycles. The Bertz CT molecular complexity index is 337. The Morgan fingerprint density at radius 1 is 1.50 bits per heavy atom. The van der Waals surface area contributed by atoms with Crippen molar-refractivity contribution in [3.8, 4) is 0 Å². The summed E-state index contributed by atoms with van der Waals surface area (Å²) in [4.78, 5) is 22.2. The molecule has 0 heterocycles. The first-order valence-corrected chi connectivity index (χ1v) is 6.61. The fourth-order valence-electron chi connectivity index (χ4n) is 1.79. The Labute approximate surface area is 117 Å². The number of hydrogen-bond acceptors (Lipinski definition) is 4. The van der Waals surface area contributed by atoms with Crippen LogP contribution in [0.1, 0.15) is 39.0 Å². The minimum atomic E-state index is -1.21. The van der Waals surface area contributed by atoms with Crippen molar-refractivity contribution in [1.29, 1.82) is 5.41 Å². The van der Waals surface area contributed by atoms with E-state index >= 15 is 0 Å². The molecule has 1 atom stereocenters. The summed E-state index contributed by atoms with van der Waals surface area (Å²) in [6, 6.07) is -1.16. The maximum absolute atomic E-state index is 11.2. The summed E-state index contributed by atoms with van der Waals surface area (Å²) in [5.41, 5.74) is 5.10. The SMILES string of the molecule is CCCCCN(C(CCCNC(=N)N)C(=O)O)[N+](=O)[O-]. The first-order chi connectivity index (χ1) is 9.40. The molecule has 20 heavy (non-hydrogen) atoms. The standard InChI is InChI=1S/C11H23N5O4/c1-2-3-4-8-15(16(19)20)9(10(17)18)6-5-7-14-11(12)13/h9H,2-8H2,1H3,(H,17,18)(H4,12,13,14). The molecule has 0 aromatic heterocycles. The van der Waals surface area contributed by atoms with E-state index in [1.54, 1.807) is 0 Å². The van der Waals surface area contributed by atoms with Crippen LogP contribution in [0.4, 0.5) is 0 Å². The quantitative estimate of drug-likeness (QED) is 0.141. The molecule has 0 bridgehead atoms. The van der Waals surface area contributed by atoms with Gasteiger partial charge in [0.15, 0.2) is 17.0 Å². The van der Waals surface area contributed by atoms with Gasteiger partial charge in [-0.1, -0.05) is 19.8 Å². The van der Waals surface area contributed by atoms with E-state index in [-0.39, 0.29) is 18.9 Å². The number of carbonyl (C=O) groups is 1. The number of hydrazine groups is 1. The van der Waals surface area contributed by atoms with E-state index in [4.69, 9.17) is 16.2 Å². The third-order valence-electron chi connectivity index (χ3n) is 2.82. The summed E-state index contributed by atoms with van der Waals surface area (Å²) in [6.07, 6.45) is 2.83. The second-order valence-electron chi connectivity index (χ2n) is 4.44. The van der Waals surface area contributed by atoms with Crippen molar-refractivity contribution in [2.45, 2.75) is 45.1 Å². The van der Waals surface area contributed by atoms with E-state index in [9.17, 15) is 14.9 Å². The normalized spacial score (nSPS) is 11.7. The van der Waals surface area contributed by atoms with Crippen LogP contribution in [-0.2, 0) is 4.79 Å². The Morgan fingerprint density at radius 2 is 2.15 bits per heavy atom. The lowest BCUT2D eigenvalue weighted by Crippen LogP contribution is -2.45. The second kappa shape index (κ2) is 9.82. The van der Waals surface area contributed by atoms with E-state index < -0.39 is 17.0 Å². The predicted octanol–water partition coefficient (Wildman–Crippen LogP) is 0.387. The summed E-state index contributed by atoms with van der Waals surface area (Å²) in [5.74, 6) is -1.41. The number of nitrogens with zero attached hydrogens (tertiary/aromatic N) is 2. The minimum absolute atomic E-state index is 0.123. The molecule has 0 spiro atoms. The Morgan fingerprint density at radius 3 is 2.60 bits per heavy atom. The largest absolute Gasteiger partial charge is 0.480 e. The van der Waals surface area contributed by atoms with Gasteiger partial charge in [0, 0.05) is 6.54 Å². The zero-order valence-electron chi connectivity index (χ0n) is 11.7. The van der Waals surface area contributed by atoms with Gasteiger partial charge in [-0.05, 0) is 19.3 Å². The van der Waals surface area contributed by atoms with Crippen LogP contribution in [0, 0.1) is 15.5 Å². The first-order valence-electron chi connectivity index (χ1n) is 6.61. The lowest BCUT2D eigenvalue weighted by atomic mass is 10.1. The molecule has 0 radical (unpaired) electrons. The van der Waals surface area contributed by atoms with Crippen LogP contribution in [0.25, 0.3) is 0 Å². The average Bonchev–Trinajstić information content (AvgIpc) is 2.35. The highest BCUT2D eigenvalue weighted by atomic mass is 16.7. The molecule has 0 saturated carbocycles. The van der Waals surface area contributed by atoms with Gasteiger partial charge in [-0.25, -0.2) is 14.9 Å². The van der Waals surface area contributed by atoms with Crippen LogP contribution in [0.3, 0.4) is 0 Å². The van der Waals surface area contributed by atoms with Crippen molar-refractivity contribution < 1.29 is 14.9 Å². The molecule has 9 nitrogen and oxygen atoms in total. The van der Waals surface area contributed by atoms with Gasteiger partial charge in [0.2, 0.25) is 0 Å². The molecule has 5 N–H and O–H groups in total. The number of guanidine groups is 1. The van der Waals surface area contributed by atoms with E-state index in [1.165, 1.54) is 0 Å². The van der Waals surface area contributed by atoms with E-state index in [0.29, 0.717) is 19.4 Å². The van der Waals surface area contributed by atoms with E-state index in [2.05, 4.69) is 5.32 Å². The highest BCUT2D eigenvalue weighted by molar-refractivity contribution is 5.74. The van der Waals surface area contributed by atoms with Crippen LogP contribution < -0.4 is 11.1 Å². The van der Waals surface area contributed by atoms with Gasteiger partial charge in [-0.15, -0.1) is 5.01 Å². The highest BCUT2D eigenvalue weighted by Crippen LogP contribution is 2.10. The third-order valence-corrected chi connectivity index (χ3v) is 2.82. The smallest absolute Gasteiger partial charge is 0.332 e. The summed E-state index contributed by atoms with van der Waals surface area (Å²) < 4.78 is 0. The van der Waals surface area contributed by atoms with Crippen molar-refractivity contribution in [3.05, 3.63) is 10.1 Å². The molecule has 0 aromatic rings. The zero-order valence-corrected chi connectivity index (χ0v) is 11.7. The number of aliphatic carboxylic acids is 1. The van der Waals surface area contributed by atoms with Crippen LogP contribution in [-0.4, -0.2) is 46.2 Å². The molecule has 0 aliphatic carbocycles. The van der Waals surface area contributed by atoms with Crippen molar-refractivity contribution in [2.24, 2.45) is 5.73 Å². The van der Waals surface area contributed by atoms with Crippen molar-refractivity contribution >= 4 is 11.9 Å². The van der Waals surface area contributed by atoms with Crippen LogP contribution in [0.2, 0.25) is 0 Å². The molecule has 1 unspecified atom stereocenters. The fraction of sp³-hybridized carbons (Fsp3) is 0.818. The first kappa shape index (κ1) is 17.9. The van der Waals surface area contributed by atoms with Crippen LogP contribution >= 0.6 is 0 Å². The maximum atomic E-state index is 11.2. The van der Waals surface area contributed by atoms with Gasteiger partial charge >= 0.3 is 5.97 Å². The molecule has 9 heteroatoms. The molecule has 0 aliphatic heterocycles. The molecule has 0 amide bonds. The number of nitro groups is 1. The monoisotopic (exact) mass is 289 g/mol. The van der Waals surface area contributed by atoms with Gasteiger partial charge in [-0.2, -0.15) is 0 Å². The Kier molecular flexibility index (Phi) is 8.80. The summed E-state index contributed by atoms with van der Waals surface area (Å²) in [5, 5.41) is 29.7. The number of carboxylic acids is 1. The Hall–Kier alpha value is -2.06. The zero-order chi connectivity index (χ0) is 15.5. The average molecular weight is 289 g/mol. The molecule has 116 valence electrons. The predicted molar refractivity (Wildman–Crippen MR) is 73.8 cm³/mol. The van der Waals surface area contributed by atoms with Crippen molar-refractivity contribution in [3.63, 3.8) is 0 Å². The topological polar surface area (TPSA) is 146 Å². The number of nitrogens with two attached hydrogens (primary N) is 1. The Balaban J connectivity index is 4.45. The molecule has 0 fully saturated rings. The molecule has 0 rings (SSSR count). The summed E-state index contributed by atoms with van der Waals surface area (Å²) in [6.45, 7) is 2.41. The molecule has 0 saturated heterocycles. The maximum Gasteiger partial charge on any atom is 0.332 e. The molecular formula is C11H23N5O4. The van der Waals surface area contributed by atoms with E-state index in [0.717, 1.165) is 17.9 Å². The summed E-state index contributed by atoms with van der Waals surface area (Å²) in [7, 11) is 0. The van der Waals surface area contributed by atoms with Gasteiger partial charge in [0.25, 0.3) is 0 Å². The number of nitrogens with one attached hydrogen (secondary N) is 2. The van der Waals surface area contributed by atoms with Crippen molar-refractivity contribution in [2.75, 3.05) is 13.1 Å². The minimum Gasteiger partial charge on any atom is -0.480 e. The highest BCUT2D eigenvalue weighted by Gasteiger charge is 2.31. The summed E-state index contributed by atoms with van der Waals surface area (Å²) >= 11 is 0. The fourth-order valence-corrected chi connectivity index (χ4v) is 1.79. The number of unbranched alkanes of at least 4 members (excludes halogenated alkanes) is 2. The number of rotatable bonds is 11.